The highest BCUT2D eigenvalue weighted by atomic mass is 19.3. The van der Waals surface area contributed by atoms with E-state index >= 15 is 0 Å². The Morgan fingerprint density at radius 1 is 1.18 bits per heavy atom. The van der Waals surface area contributed by atoms with Gasteiger partial charge >= 0.3 is 5.97 Å². The monoisotopic (exact) mass is 527 g/mol. The van der Waals surface area contributed by atoms with E-state index in [-0.39, 0.29) is 29.2 Å². The van der Waals surface area contributed by atoms with Crippen LogP contribution in [-0.4, -0.2) is 39.1 Å². The van der Waals surface area contributed by atoms with Crippen molar-refractivity contribution in [2.24, 2.45) is 11.8 Å². The van der Waals surface area contributed by atoms with E-state index in [1.54, 1.807) is 13.8 Å². The van der Waals surface area contributed by atoms with Gasteiger partial charge < -0.3 is 14.6 Å². The number of aromatic nitrogens is 3. The Balaban J connectivity index is 1.38. The number of alkyl halides is 2. The van der Waals surface area contributed by atoms with Crippen molar-refractivity contribution in [3.8, 4) is 22.9 Å². The highest BCUT2D eigenvalue weighted by Crippen LogP contribution is 2.48. The Bertz CT molecular complexity index is 1350. The Labute approximate surface area is 218 Å². The zero-order valence-electron chi connectivity index (χ0n) is 21.0. The largest absolute Gasteiger partial charge is 0.484 e. The highest BCUT2D eigenvalue weighted by Gasteiger charge is 2.39. The lowest BCUT2D eigenvalue weighted by Crippen LogP contribution is -2.22. The zero-order valence-corrected chi connectivity index (χ0v) is 21.0. The van der Waals surface area contributed by atoms with Crippen LogP contribution in [0.2, 0.25) is 0 Å². The highest BCUT2D eigenvalue weighted by molar-refractivity contribution is 5.71. The van der Waals surface area contributed by atoms with E-state index in [0.717, 1.165) is 36.6 Å². The summed E-state index contributed by atoms with van der Waals surface area (Å²) < 4.78 is 50.7. The molecule has 1 fully saturated rings. The molecule has 1 saturated carbocycles. The second-order valence-corrected chi connectivity index (χ2v) is 9.93. The van der Waals surface area contributed by atoms with E-state index < -0.39 is 30.7 Å². The lowest BCUT2D eigenvalue weighted by atomic mass is 9.82. The molecule has 0 bridgehead atoms. The summed E-state index contributed by atoms with van der Waals surface area (Å²) in [5.74, 6) is -1.07. The summed E-state index contributed by atoms with van der Waals surface area (Å²) in [6, 6.07) is 7.23. The second kappa shape index (κ2) is 10.6. The van der Waals surface area contributed by atoms with Crippen LogP contribution < -0.4 is 9.47 Å². The van der Waals surface area contributed by atoms with Gasteiger partial charge in [-0.1, -0.05) is 19.1 Å². The molecule has 2 aliphatic rings. The van der Waals surface area contributed by atoms with Gasteiger partial charge in [-0.2, -0.15) is 0 Å². The first-order chi connectivity index (χ1) is 18.2. The van der Waals surface area contributed by atoms with Gasteiger partial charge in [0.2, 0.25) is 5.88 Å². The van der Waals surface area contributed by atoms with Gasteiger partial charge in [-0.25, -0.2) is 23.1 Å². The molecule has 0 spiro atoms. The van der Waals surface area contributed by atoms with Crippen LogP contribution in [0, 0.1) is 24.6 Å². The fraction of sp³-hybridized carbons (Fsp3) is 0.429. The molecule has 38 heavy (non-hydrogen) atoms. The molecule has 0 amide bonds. The molecule has 5 rings (SSSR count). The Morgan fingerprint density at radius 2 is 1.97 bits per heavy atom. The molecule has 1 N–H and O–H groups in total. The normalized spacial score (nSPS) is 18.4. The van der Waals surface area contributed by atoms with Gasteiger partial charge in [-0.3, -0.25) is 9.78 Å². The van der Waals surface area contributed by atoms with Crippen molar-refractivity contribution in [2.45, 2.75) is 58.0 Å². The quantitative estimate of drug-likeness (QED) is 0.370. The van der Waals surface area contributed by atoms with Crippen LogP contribution in [-0.2, 0) is 11.2 Å². The number of rotatable bonds is 9. The number of carboxylic acids is 1. The number of carbonyl (C=O) groups is 1. The summed E-state index contributed by atoms with van der Waals surface area (Å²) in [5, 5.41) is 9.63. The van der Waals surface area contributed by atoms with Gasteiger partial charge in [0.1, 0.15) is 17.5 Å². The van der Waals surface area contributed by atoms with Crippen LogP contribution in [0.1, 0.15) is 60.7 Å². The number of ether oxygens (including phenoxy) is 2. The van der Waals surface area contributed by atoms with E-state index in [9.17, 15) is 23.1 Å². The zero-order chi connectivity index (χ0) is 27.0. The summed E-state index contributed by atoms with van der Waals surface area (Å²) in [4.78, 5) is 24.5. The van der Waals surface area contributed by atoms with Crippen LogP contribution in [0.5, 0.6) is 11.6 Å². The molecule has 0 radical (unpaired) electrons. The first kappa shape index (κ1) is 25.9. The Kier molecular flexibility index (Phi) is 7.23. The van der Waals surface area contributed by atoms with Gasteiger partial charge in [0.15, 0.2) is 12.4 Å². The van der Waals surface area contributed by atoms with Crippen molar-refractivity contribution in [3.63, 3.8) is 0 Å². The maximum absolute atomic E-state index is 14.5. The molecule has 2 aromatic heterocycles. The average molecular weight is 528 g/mol. The molecular formula is C28H28F3N3O4. The molecule has 200 valence electrons. The SMILES string of the molecule is Cc1nc(-c2cc(OCC(F)F)ncc2F)cnc1C1CCc2ccc([C@H](C3CC3)[C@H](C)C(=O)O)cc2O1. The number of hydrogen-bond donors (Lipinski definition) is 1. The number of aliphatic carboxylic acids is 1. The third kappa shape index (κ3) is 5.44. The smallest absolute Gasteiger partial charge is 0.306 e. The fourth-order valence-electron chi connectivity index (χ4n) is 5.14. The minimum atomic E-state index is -2.68. The molecule has 1 aliphatic carbocycles. The molecular weight excluding hydrogens is 499 g/mol. The van der Waals surface area contributed by atoms with Gasteiger partial charge in [0.05, 0.1) is 29.7 Å². The summed E-state index contributed by atoms with van der Waals surface area (Å²) in [6.07, 6.45) is 2.77. The number of carboxylic acid groups (broad SMARTS) is 1. The number of fused-ring (bicyclic) bond motifs is 1. The first-order valence-electron chi connectivity index (χ1n) is 12.6. The number of pyridine rings is 1. The van der Waals surface area contributed by atoms with Crippen LogP contribution in [0.3, 0.4) is 0 Å². The van der Waals surface area contributed by atoms with E-state index in [1.165, 1.54) is 12.3 Å². The molecule has 7 nitrogen and oxygen atoms in total. The second-order valence-electron chi connectivity index (χ2n) is 9.93. The number of halogens is 3. The Morgan fingerprint density at radius 3 is 2.66 bits per heavy atom. The summed E-state index contributed by atoms with van der Waals surface area (Å²) >= 11 is 0. The summed E-state index contributed by atoms with van der Waals surface area (Å²) in [6.45, 7) is 2.67. The predicted octanol–water partition coefficient (Wildman–Crippen LogP) is 5.91. The first-order valence-corrected chi connectivity index (χ1v) is 12.6. The third-order valence-corrected chi connectivity index (χ3v) is 7.23. The van der Waals surface area contributed by atoms with Crippen molar-refractivity contribution < 1.29 is 32.5 Å². The van der Waals surface area contributed by atoms with Crippen molar-refractivity contribution in [1.29, 1.82) is 0 Å². The lowest BCUT2D eigenvalue weighted by molar-refractivity contribution is -0.142. The van der Waals surface area contributed by atoms with Crippen LogP contribution in [0.15, 0.2) is 36.7 Å². The predicted molar refractivity (Wildman–Crippen MR) is 132 cm³/mol. The number of benzene rings is 1. The van der Waals surface area contributed by atoms with Crippen LogP contribution >= 0.6 is 0 Å². The standard InChI is InChI=1S/C28H28F3N3O4/c1-14(28(35)36)26(17-4-5-17)18-6-3-16-7-8-22(38-23(16)9-18)27-15(2)34-21(12-33-27)19-10-25(32-11-20(19)29)37-13-24(30)31/h3,6,9-12,14,17,22,24,26H,4-5,7-8,13H2,1-2H3,(H,35,36)/t14-,22?,26-/m0/s1. The van der Waals surface area contributed by atoms with E-state index in [4.69, 9.17) is 9.47 Å². The number of nitrogens with zero attached hydrogens (tertiary/aromatic N) is 3. The van der Waals surface area contributed by atoms with Crippen molar-refractivity contribution in [1.82, 2.24) is 15.0 Å². The van der Waals surface area contributed by atoms with Crippen molar-refractivity contribution in [3.05, 3.63) is 65.0 Å². The molecule has 1 aliphatic heterocycles. The van der Waals surface area contributed by atoms with Crippen LogP contribution in [0.25, 0.3) is 11.3 Å². The van der Waals surface area contributed by atoms with Crippen LogP contribution in [0.4, 0.5) is 13.2 Å². The minimum Gasteiger partial charge on any atom is -0.484 e. The average Bonchev–Trinajstić information content (AvgIpc) is 3.73. The minimum absolute atomic E-state index is 0.0460. The van der Waals surface area contributed by atoms with Gasteiger partial charge in [0, 0.05) is 11.6 Å². The topological polar surface area (TPSA) is 94.4 Å². The molecule has 1 unspecified atom stereocenters. The van der Waals surface area contributed by atoms with Gasteiger partial charge in [-0.05, 0) is 61.6 Å². The van der Waals surface area contributed by atoms with E-state index in [2.05, 4.69) is 15.0 Å². The molecule has 3 atom stereocenters. The molecule has 3 heterocycles. The summed E-state index contributed by atoms with van der Waals surface area (Å²) in [5.41, 5.74) is 3.46. The van der Waals surface area contributed by atoms with E-state index in [1.807, 2.05) is 18.2 Å². The van der Waals surface area contributed by atoms with E-state index in [0.29, 0.717) is 29.5 Å². The summed E-state index contributed by atoms with van der Waals surface area (Å²) in [7, 11) is 0. The van der Waals surface area contributed by atoms with Crippen molar-refractivity contribution in [2.75, 3.05) is 6.61 Å². The molecule has 3 aromatic rings. The van der Waals surface area contributed by atoms with Gasteiger partial charge in [0.25, 0.3) is 6.43 Å². The fourth-order valence-corrected chi connectivity index (χ4v) is 5.14. The molecule has 1 aromatic carbocycles. The molecule has 0 saturated heterocycles. The maximum Gasteiger partial charge on any atom is 0.306 e. The lowest BCUT2D eigenvalue weighted by Gasteiger charge is -2.28. The number of hydrogen-bond acceptors (Lipinski definition) is 6. The van der Waals surface area contributed by atoms with Crippen molar-refractivity contribution >= 4 is 5.97 Å². The maximum atomic E-state index is 14.5. The molecule has 10 heteroatoms. The Hall–Kier alpha value is -3.69. The number of aryl methyl sites for hydroxylation is 2. The third-order valence-electron chi connectivity index (χ3n) is 7.23. The van der Waals surface area contributed by atoms with Gasteiger partial charge in [-0.15, -0.1) is 0 Å².